The number of hydrogen-bond donors (Lipinski definition) is 1. The van der Waals surface area contributed by atoms with Crippen molar-refractivity contribution >= 4 is 45.0 Å². The van der Waals surface area contributed by atoms with Crippen molar-refractivity contribution in [1.82, 2.24) is 4.90 Å². The number of rotatable bonds is 4. The van der Waals surface area contributed by atoms with Crippen molar-refractivity contribution in [3.8, 4) is 0 Å². The molecule has 2 unspecified atom stereocenters. The Labute approximate surface area is 182 Å². The van der Waals surface area contributed by atoms with E-state index in [1.54, 1.807) is 24.3 Å². The van der Waals surface area contributed by atoms with Crippen molar-refractivity contribution in [2.75, 3.05) is 13.2 Å². The van der Waals surface area contributed by atoms with Crippen molar-refractivity contribution in [2.24, 2.45) is 0 Å². The van der Waals surface area contributed by atoms with Gasteiger partial charge in [0.25, 0.3) is 11.7 Å². The van der Waals surface area contributed by atoms with E-state index in [1.807, 2.05) is 24.3 Å². The van der Waals surface area contributed by atoms with Gasteiger partial charge in [0.1, 0.15) is 5.76 Å². The number of amides is 1. The van der Waals surface area contributed by atoms with E-state index in [0.29, 0.717) is 23.7 Å². The lowest BCUT2D eigenvalue weighted by Crippen LogP contribution is -2.36. The van der Waals surface area contributed by atoms with E-state index in [9.17, 15) is 14.7 Å². The first kappa shape index (κ1) is 20.1. The molecule has 0 aliphatic carbocycles. The topological polar surface area (TPSA) is 66.8 Å². The molecule has 2 aliphatic rings. The van der Waals surface area contributed by atoms with Crippen LogP contribution in [0.25, 0.3) is 5.76 Å². The lowest BCUT2D eigenvalue weighted by atomic mass is 9.95. The Morgan fingerprint density at radius 2 is 1.97 bits per heavy atom. The molecule has 2 saturated heterocycles. The molecule has 2 aromatic carbocycles. The summed E-state index contributed by atoms with van der Waals surface area (Å²) in [4.78, 5) is 27.4. The van der Waals surface area contributed by atoms with Crippen LogP contribution in [0, 0.1) is 0 Å². The molecule has 4 rings (SSSR count). The third kappa shape index (κ3) is 3.97. The molecule has 0 aromatic heterocycles. The highest BCUT2D eigenvalue weighted by Crippen LogP contribution is 2.40. The minimum Gasteiger partial charge on any atom is -0.507 e. The van der Waals surface area contributed by atoms with Crippen molar-refractivity contribution in [3.05, 3.63) is 74.7 Å². The van der Waals surface area contributed by atoms with E-state index in [2.05, 4.69) is 15.9 Å². The average molecular weight is 477 g/mol. The molecule has 29 heavy (non-hydrogen) atoms. The summed E-state index contributed by atoms with van der Waals surface area (Å²) in [5, 5.41) is 11.5. The third-order valence-corrected chi connectivity index (χ3v) is 5.99. The zero-order valence-electron chi connectivity index (χ0n) is 15.5. The van der Waals surface area contributed by atoms with Gasteiger partial charge in [0.15, 0.2) is 0 Å². The molecule has 1 amide bonds. The number of halogens is 2. The number of carbonyl (C=O) groups is 2. The molecule has 7 heteroatoms. The van der Waals surface area contributed by atoms with Gasteiger partial charge in [0.05, 0.1) is 17.7 Å². The standard InChI is InChI=1S/C22H19BrClNO4/c23-15-4-1-3-14(11-15)19-18(20(26)13-6-8-16(24)9-7-13)21(27)22(28)25(19)12-17-5-2-10-29-17/h1,3-4,6-9,11,17,19,26H,2,5,10,12H2/b20-18+. The van der Waals surface area contributed by atoms with Gasteiger partial charge in [-0.3, -0.25) is 9.59 Å². The lowest BCUT2D eigenvalue weighted by molar-refractivity contribution is -0.140. The fraction of sp³-hybridized carbons (Fsp3) is 0.273. The summed E-state index contributed by atoms with van der Waals surface area (Å²) in [6, 6.07) is 13.2. The summed E-state index contributed by atoms with van der Waals surface area (Å²) in [5.41, 5.74) is 1.25. The molecule has 0 saturated carbocycles. The Morgan fingerprint density at radius 3 is 2.62 bits per heavy atom. The summed E-state index contributed by atoms with van der Waals surface area (Å²) in [7, 11) is 0. The summed E-state index contributed by atoms with van der Waals surface area (Å²) in [6.45, 7) is 0.958. The maximum absolute atomic E-state index is 13.0. The SMILES string of the molecule is O=C1C(=O)N(CC2CCCO2)C(c2cccc(Br)c2)/C1=C(\O)c1ccc(Cl)cc1. The maximum Gasteiger partial charge on any atom is 0.295 e. The number of ether oxygens (including phenoxy) is 1. The number of benzene rings is 2. The van der Waals surface area contributed by atoms with Gasteiger partial charge in [0, 0.05) is 28.2 Å². The zero-order valence-corrected chi connectivity index (χ0v) is 17.8. The zero-order chi connectivity index (χ0) is 20.5. The molecule has 150 valence electrons. The average Bonchev–Trinajstić information content (AvgIpc) is 3.30. The fourth-order valence-electron chi connectivity index (χ4n) is 3.86. The molecule has 0 radical (unpaired) electrons. The Hall–Kier alpha value is -2.15. The number of Topliss-reactive ketones (excluding diaryl/α,β-unsaturated/α-hetero) is 1. The number of nitrogens with zero attached hydrogens (tertiary/aromatic N) is 1. The van der Waals surface area contributed by atoms with Gasteiger partial charge in [-0.15, -0.1) is 0 Å². The summed E-state index contributed by atoms with van der Waals surface area (Å²) in [5.74, 6) is -1.53. The largest absolute Gasteiger partial charge is 0.507 e. The predicted molar refractivity (Wildman–Crippen MR) is 114 cm³/mol. The van der Waals surface area contributed by atoms with Gasteiger partial charge in [-0.25, -0.2) is 0 Å². The predicted octanol–water partition coefficient (Wildman–Crippen LogP) is 4.70. The monoisotopic (exact) mass is 475 g/mol. The minimum absolute atomic E-state index is 0.0772. The summed E-state index contributed by atoms with van der Waals surface area (Å²) < 4.78 is 6.52. The van der Waals surface area contributed by atoms with Crippen molar-refractivity contribution in [3.63, 3.8) is 0 Å². The lowest BCUT2D eigenvalue weighted by Gasteiger charge is -2.27. The van der Waals surface area contributed by atoms with Gasteiger partial charge in [-0.2, -0.15) is 0 Å². The van der Waals surface area contributed by atoms with Crippen LogP contribution in [0.1, 0.15) is 30.0 Å². The van der Waals surface area contributed by atoms with Crippen LogP contribution in [0.4, 0.5) is 0 Å². The summed E-state index contributed by atoms with van der Waals surface area (Å²) >= 11 is 9.39. The summed E-state index contributed by atoms with van der Waals surface area (Å²) in [6.07, 6.45) is 1.66. The molecule has 2 aliphatic heterocycles. The molecule has 0 bridgehead atoms. The highest BCUT2D eigenvalue weighted by atomic mass is 79.9. The molecule has 1 N–H and O–H groups in total. The number of carbonyl (C=O) groups excluding carboxylic acids is 2. The molecule has 5 nitrogen and oxygen atoms in total. The molecule has 0 spiro atoms. The smallest absolute Gasteiger partial charge is 0.295 e. The second kappa shape index (κ2) is 8.30. The van der Waals surface area contributed by atoms with Gasteiger partial charge >= 0.3 is 0 Å². The van der Waals surface area contributed by atoms with Crippen LogP contribution in [0.5, 0.6) is 0 Å². The molecule has 2 atom stereocenters. The van der Waals surface area contributed by atoms with Crippen LogP contribution in [0.3, 0.4) is 0 Å². The van der Waals surface area contributed by atoms with Gasteiger partial charge < -0.3 is 14.7 Å². The second-order valence-electron chi connectivity index (χ2n) is 7.15. The van der Waals surface area contributed by atoms with E-state index in [4.69, 9.17) is 16.3 Å². The molecule has 2 fully saturated rings. The first-order valence-corrected chi connectivity index (χ1v) is 10.5. The first-order chi connectivity index (χ1) is 14.0. The number of likely N-dealkylation sites (tertiary alicyclic amines) is 1. The highest BCUT2D eigenvalue weighted by molar-refractivity contribution is 9.10. The van der Waals surface area contributed by atoms with E-state index in [1.165, 1.54) is 4.90 Å². The number of aliphatic hydroxyl groups excluding tert-OH is 1. The Bertz CT molecular complexity index is 983. The first-order valence-electron chi connectivity index (χ1n) is 9.37. The number of ketones is 1. The Morgan fingerprint density at radius 1 is 1.21 bits per heavy atom. The Balaban J connectivity index is 1.83. The molecule has 2 aromatic rings. The maximum atomic E-state index is 13.0. The van der Waals surface area contributed by atoms with E-state index < -0.39 is 17.7 Å². The molecule has 2 heterocycles. The van der Waals surface area contributed by atoms with E-state index >= 15 is 0 Å². The van der Waals surface area contributed by atoms with Crippen molar-refractivity contribution in [1.29, 1.82) is 0 Å². The van der Waals surface area contributed by atoms with Crippen LogP contribution >= 0.6 is 27.5 Å². The quantitative estimate of drug-likeness (QED) is 0.394. The van der Waals surface area contributed by atoms with Crippen LogP contribution in [-0.2, 0) is 14.3 Å². The van der Waals surface area contributed by atoms with Crippen LogP contribution in [0.15, 0.2) is 58.6 Å². The number of aliphatic hydroxyl groups is 1. The minimum atomic E-state index is -0.694. The number of hydrogen-bond acceptors (Lipinski definition) is 4. The fourth-order valence-corrected chi connectivity index (χ4v) is 4.41. The van der Waals surface area contributed by atoms with Crippen LogP contribution in [-0.4, -0.2) is 41.0 Å². The van der Waals surface area contributed by atoms with Crippen molar-refractivity contribution in [2.45, 2.75) is 25.0 Å². The van der Waals surface area contributed by atoms with Crippen LogP contribution < -0.4 is 0 Å². The normalized spacial score (nSPS) is 23.7. The van der Waals surface area contributed by atoms with Crippen LogP contribution in [0.2, 0.25) is 5.02 Å². The Kier molecular flexibility index (Phi) is 5.76. The second-order valence-corrected chi connectivity index (χ2v) is 8.50. The van der Waals surface area contributed by atoms with Gasteiger partial charge in [-0.05, 0) is 54.8 Å². The molecular formula is C22H19BrClNO4. The van der Waals surface area contributed by atoms with Crippen molar-refractivity contribution < 1.29 is 19.4 Å². The van der Waals surface area contributed by atoms with E-state index in [0.717, 1.165) is 22.9 Å². The van der Waals surface area contributed by atoms with Gasteiger partial charge in [0.2, 0.25) is 0 Å². The van der Waals surface area contributed by atoms with E-state index in [-0.39, 0.29) is 17.4 Å². The van der Waals surface area contributed by atoms with Gasteiger partial charge in [-0.1, -0.05) is 39.7 Å². The highest BCUT2D eigenvalue weighted by Gasteiger charge is 2.47. The molecular weight excluding hydrogens is 458 g/mol. The third-order valence-electron chi connectivity index (χ3n) is 5.25.